The molecule has 1 saturated heterocycles. The molecule has 0 radical (unpaired) electrons. The fourth-order valence-electron chi connectivity index (χ4n) is 1.56. The van der Waals surface area contributed by atoms with Gasteiger partial charge in [-0.05, 0) is 11.8 Å². The molecule has 0 aromatic heterocycles. The third-order valence-electron chi connectivity index (χ3n) is 1.92. The molecule has 64 valence electrons. The zero-order chi connectivity index (χ0) is 8.48. The maximum absolute atomic E-state index is 10.9. The van der Waals surface area contributed by atoms with Crippen molar-refractivity contribution in [2.45, 2.75) is 39.7 Å². The summed E-state index contributed by atoms with van der Waals surface area (Å²) in [5.74, 6) is 0.360. The molecule has 0 bridgehead atoms. The summed E-state index contributed by atoms with van der Waals surface area (Å²) in [4.78, 5) is 10.9. The largest absolute Gasteiger partial charge is 0.307 e. The van der Waals surface area contributed by atoms with Crippen molar-refractivity contribution >= 4 is 5.78 Å². The summed E-state index contributed by atoms with van der Waals surface area (Å²) < 4.78 is 0. The first-order valence-corrected chi connectivity index (χ1v) is 4.22. The Hall–Kier alpha value is -0.370. The van der Waals surface area contributed by atoms with Gasteiger partial charge < -0.3 is 5.32 Å². The van der Waals surface area contributed by atoms with Crippen molar-refractivity contribution in [3.8, 4) is 0 Å². The maximum Gasteiger partial charge on any atom is 0.148 e. The first kappa shape index (κ1) is 8.72. The number of rotatable bonds is 1. The van der Waals surface area contributed by atoms with Crippen LogP contribution in [0, 0.1) is 5.41 Å². The number of ketones is 1. The minimum absolute atomic E-state index is 0.336. The van der Waals surface area contributed by atoms with E-state index in [2.05, 4.69) is 26.1 Å². The van der Waals surface area contributed by atoms with Crippen LogP contribution < -0.4 is 5.32 Å². The van der Waals surface area contributed by atoms with E-state index in [1.54, 1.807) is 0 Å². The van der Waals surface area contributed by atoms with Crippen molar-refractivity contribution in [2.75, 3.05) is 6.54 Å². The molecule has 1 rings (SSSR count). The standard InChI is InChI=1S/C9H17NO/c1-9(2,3)5-7-4-8(11)6-10-7/h7,10H,4-6H2,1-3H3. The van der Waals surface area contributed by atoms with E-state index in [9.17, 15) is 4.79 Å². The topological polar surface area (TPSA) is 29.1 Å². The van der Waals surface area contributed by atoms with Crippen molar-refractivity contribution in [2.24, 2.45) is 5.41 Å². The van der Waals surface area contributed by atoms with Crippen molar-refractivity contribution in [1.82, 2.24) is 5.32 Å². The molecule has 1 N–H and O–H groups in total. The van der Waals surface area contributed by atoms with Gasteiger partial charge in [0, 0.05) is 12.5 Å². The first-order chi connectivity index (χ1) is 4.97. The second-order valence-electron chi connectivity index (χ2n) is 4.59. The van der Waals surface area contributed by atoms with Crippen LogP contribution in [0.4, 0.5) is 0 Å². The predicted molar refractivity (Wildman–Crippen MR) is 45.5 cm³/mol. The van der Waals surface area contributed by atoms with Crippen LogP contribution in [0.25, 0.3) is 0 Å². The molecule has 1 atom stereocenters. The average Bonchev–Trinajstić information content (AvgIpc) is 2.10. The van der Waals surface area contributed by atoms with Crippen molar-refractivity contribution in [3.63, 3.8) is 0 Å². The molecule has 0 aromatic carbocycles. The molecule has 0 aliphatic carbocycles. The Kier molecular flexibility index (Phi) is 2.33. The van der Waals surface area contributed by atoms with Crippen molar-refractivity contribution < 1.29 is 4.79 Å². The Labute approximate surface area is 68.4 Å². The Morgan fingerprint density at radius 2 is 2.18 bits per heavy atom. The summed E-state index contributed by atoms with van der Waals surface area (Å²) >= 11 is 0. The molecule has 0 amide bonds. The van der Waals surface area contributed by atoms with Crippen LogP contribution >= 0.6 is 0 Å². The number of Topliss-reactive ketones (excluding diaryl/α,β-unsaturated/α-hetero) is 1. The van der Waals surface area contributed by atoms with Gasteiger partial charge in [0.05, 0.1) is 6.54 Å². The van der Waals surface area contributed by atoms with E-state index in [1.807, 2.05) is 0 Å². The van der Waals surface area contributed by atoms with Gasteiger partial charge in [-0.3, -0.25) is 4.79 Å². The highest BCUT2D eigenvalue weighted by Gasteiger charge is 2.25. The Morgan fingerprint density at radius 1 is 1.55 bits per heavy atom. The Balaban J connectivity index is 2.34. The van der Waals surface area contributed by atoms with Crippen LogP contribution in [0.2, 0.25) is 0 Å². The van der Waals surface area contributed by atoms with E-state index in [4.69, 9.17) is 0 Å². The minimum atomic E-state index is 0.336. The zero-order valence-corrected chi connectivity index (χ0v) is 7.61. The summed E-state index contributed by atoms with van der Waals surface area (Å²) in [5, 5.41) is 3.21. The molecule has 1 fully saturated rings. The number of hydrogen-bond donors (Lipinski definition) is 1. The van der Waals surface area contributed by atoms with Gasteiger partial charge in [0.1, 0.15) is 5.78 Å². The summed E-state index contributed by atoms with van der Waals surface area (Å²) in [6.07, 6.45) is 1.83. The molecule has 0 aromatic rings. The van der Waals surface area contributed by atoms with Crippen LogP contribution in [-0.2, 0) is 4.79 Å². The summed E-state index contributed by atoms with van der Waals surface area (Å²) in [6, 6.07) is 0.433. The second-order valence-corrected chi connectivity index (χ2v) is 4.59. The van der Waals surface area contributed by atoms with Crippen molar-refractivity contribution in [3.05, 3.63) is 0 Å². The lowest BCUT2D eigenvalue weighted by Gasteiger charge is -2.22. The smallest absolute Gasteiger partial charge is 0.148 e. The lowest BCUT2D eigenvalue weighted by Crippen LogP contribution is -2.26. The zero-order valence-electron chi connectivity index (χ0n) is 7.61. The predicted octanol–water partition coefficient (Wildman–Crippen LogP) is 1.35. The molecule has 1 aliphatic rings. The van der Waals surface area contributed by atoms with Gasteiger partial charge >= 0.3 is 0 Å². The molecule has 0 spiro atoms. The molecule has 1 unspecified atom stereocenters. The van der Waals surface area contributed by atoms with Crippen LogP contribution in [0.5, 0.6) is 0 Å². The van der Waals surface area contributed by atoms with Gasteiger partial charge in [-0.25, -0.2) is 0 Å². The number of carbonyl (C=O) groups excluding carboxylic acids is 1. The third-order valence-corrected chi connectivity index (χ3v) is 1.92. The third kappa shape index (κ3) is 3.02. The monoisotopic (exact) mass is 155 g/mol. The summed E-state index contributed by atoms with van der Waals surface area (Å²) in [7, 11) is 0. The van der Waals surface area contributed by atoms with E-state index < -0.39 is 0 Å². The Morgan fingerprint density at radius 3 is 2.55 bits per heavy atom. The fraction of sp³-hybridized carbons (Fsp3) is 0.889. The van der Waals surface area contributed by atoms with Crippen LogP contribution in [-0.4, -0.2) is 18.4 Å². The van der Waals surface area contributed by atoms with Crippen LogP contribution in [0.3, 0.4) is 0 Å². The highest BCUT2D eigenvalue weighted by Crippen LogP contribution is 2.23. The Bertz CT molecular complexity index is 157. The average molecular weight is 155 g/mol. The van der Waals surface area contributed by atoms with Gasteiger partial charge in [0.15, 0.2) is 0 Å². The van der Waals surface area contributed by atoms with Gasteiger partial charge in [-0.2, -0.15) is 0 Å². The van der Waals surface area contributed by atoms with E-state index in [0.717, 1.165) is 12.8 Å². The number of nitrogens with one attached hydrogen (secondary N) is 1. The second kappa shape index (κ2) is 2.94. The van der Waals surface area contributed by atoms with Crippen LogP contribution in [0.15, 0.2) is 0 Å². The first-order valence-electron chi connectivity index (χ1n) is 4.22. The quantitative estimate of drug-likeness (QED) is 0.619. The van der Waals surface area contributed by atoms with Gasteiger partial charge in [-0.15, -0.1) is 0 Å². The van der Waals surface area contributed by atoms with Gasteiger partial charge in [-0.1, -0.05) is 20.8 Å². The number of hydrogen-bond acceptors (Lipinski definition) is 2. The molecular weight excluding hydrogens is 138 g/mol. The van der Waals surface area contributed by atoms with Gasteiger partial charge in [0.2, 0.25) is 0 Å². The lowest BCUT2D eigenvalue weighted by molar-refractivity contribution is -0.116. The normalized spacial score (nSPS) is 26.1. The molecule has 1 aliphatic heterocycles. The SMILES string of the molecule is CC(C)(C)CC1CC(=O)CN1. The van der Waals surface area contributed by atoms with E-state index >= 15 is 0 Å². The lowest BCUT2D eigenvalue weighted by atomic mass is 9.87. The highest BCUT2D eigenvalue weighted by atomic mass is 16.1. The summed E-state index contributed by atoms with van der Waals surface area (Å²) in [6.45, 7) is 7.20. The van der Waals surface area contributed by atoms with Gasteiger partial charge in [0.25, 0.3) is 0 Å². The maximum atomic E-state index is 10.9. The molecule has 0 saturated carbocycles. The molecule has 2 nitrogen and oxygen atoms in total. The van der Waals surface area contributed by atoms with E-state index in [1.165, 1.54) is 0 Å². The minimum Gasteiger partial charge on any atom is -0.307 e. The van der Waals surface area contributed by atoms with E-state index in [-0.39, 0.29) is 0 Å². The van der Waals surface area contributed by atoms with Crippen LogP contribution in [0.1, 0.15) is 33.6 Å². The molecule has 11 heavy (non-hydrogen) atoms. The number of carbonyl (C=O) groups is 1. The highest BCUT2D eigenvalue weighted by molar-refractivity contribution is 5.83. The fourth-order valence-corrected chi connectivity index (χ4v) is 1.56. The van der Waals surface area contributed by atoms with E-state index in [0.29, 0.717) is 23.8 Å². The molecular formula is C9H17NO. The molecule has 1 heterocycles. The molecule has 2 heteroatoms. The van der Waals surface area contributed by atoms with Crippen molar-refractivity contribution in [1.29, 1.82) is 0 Å². The summed E-state index contributed by atoms with van der Waals surface area (Å²) in [5.41, 5.74) is 0.336.